The van der Waals surface area contributed by atoms with Crippen LogP contribution < -0.4 is 5.32 Å². The highest BCUT2D eigenvalue weighted by atomic mass is 32.2. The Morgan fingerprint density at radius 3 is 2.29 bits per heavy atom. The molecule has 1 aromatic carbocycles. The van der Waals surface area contributed by atoms with Crippen LogP contribution in [0, 0.1) is 0 Å². The van der Waals surface area contributed by atoms with E-state index in [1.807, 2.05) is 0 Å². The van der Waals surface area contributed by atoms with Crippen molar-refractivity contribution >= 4 is 17.4 Å². The summed E-state index contributed by atoms with van der Waals surface area (Å²) in [6, 6.07) is 5.51. The second-order valence-corrected chi connectivity index (χ2v) is 5.70. The van der Waals surface area contributed by atoms with E-state index in [9.17, 15) is 26.3 Å². The maximum Gasteiger partial charge on any atom is 0.446 e. The molecule has 1 rings (SSSR count). The van der Waals surface area contributed by atoms with Gasteiger partial charge in [-0.3, -0.25) is 0 Å². The number of nitrogens with one attached hydrogen (secondary N) is 1. The topological polar surface area (TPSA) is 12.0 Å². The van der Waals surface area contributed by atoms with Gasteiger partial charge in [-0.2, -0.15) is 26.3 Å². The second kappa shape index (κ2) is 7.29. The van der Waals surface area contributed by atoms with Crippen molar-refractivity contribution in [2.75, 3.05) is 5.32 Å². The van der Waals surface area contributed by atoms with E-state index in [1.165, 1.54) is 18.2 Å². The van der Waals surface area contributed by atoms with Crippen molar-refractivity contribution in [2.24, 2.45) is 0 Å². The largest absolute Gasteiger partial charge is 0.446 e. The number of para-hydroxylation sites is 1. The van der Waals surface area contributed by atoms with Gasteiger partial charge in [-0.05, 0) is 43.7 Å². The lowest BCUT2D eigenvalue weighted by molar-refractivity contribution is -0.135. The fourth-order valence-corrected chi connectivity index (χ4v) is 2.38. The summed E-state index contributed by atoms with van der Waals surface area (Å²) in [4.78, 5) is 0.00710. The fraction of sp³-hybridized carbons (Fsp3) is 0.538. The van der Waals surface area contributed by atoms with Crippen LogP contribution in [-0.2, 0) is 0 Å². The molecule has 0 aliphatic heterocycles. The molecule has 1 aromatic rings. The highest BCUT2D eigenvalue weighted by Crippen LogP contribution is 2.40. The molecule has 0 saturated carbocycles. The molecular formula is C13H15F6NS. The summed E-state index contributed by atoms with van der Waals surface area (Å²) in [5.74, 6) is 0. The van der Waals surface area contributed by atoms with Crippen molar-refractivity contribution in [3.63, 3.8) is 0 Å². The molecule has 1 nitrogen and oxygen atoms in total. The van der Waals surface area contributed by atoms with Gasteiger partial charge in [0.15, 0.2) is 0 Å². The Kier molecular flexibility index (Phi) is 6.24. The minimum Gasteiger partial charge on any atom is -0.382 e. The summed E-state index contributed by atoms with van der Waals surface area (Å²) in [7, 11) is 0. The Bertz CT molecular complexity index is 443. The summed E-state index contributed by atoms with van der Waals surface area (Å²) in [5.41, 5.74) is -4.13. The van der Waals surface area contributed by atoms with Crippen molar-refractivity contribution < 1.29 is 26.3 Å². The van der Waals surface area contributed by atoms with Crippen LogP contribution in [0.4, 0.5) is 32.0 Å². The quantitative estimate of drug-likeness (QED) is 0.520. The Hall–Kier alpha value is -1.05. The van der Waals surface area contributed by atoms with E-state index < -0.39 is 18.1 Å². The van der Waals surface area contributed by atoms with Crippen molar-refractivity contribution in [3.8, 4) is 0 Å². The number of benzene rings is 1. The van der Waals surface area contributed by atoms with E-state index in [0.29, 0.717) is 0 Å². The van der Waals surface area contributed by atoms with Crippen LogP contribution >= 0.6 is 11.8 Å². The highest BCUT2D eigenvalue weighted by Gasteiger charge is 2.30. The molecule has 0 aliphatic carbocycles. The third-order valence-electron chi connectivity index (χ3n) is 2.61. The molecule has 120 valence electrons. The molecule has 0 aromatic heterocycles. The van der Waals surface area contributed by atoms with Crippen LogP contribution in [-0.4, -0.2) is 17.7 Å². The predicted molar refractivity (Wildman–Crippen MR) is 71.3 cm³/mol. The first-order chi connectivity index (χ1) is 9.57. The van der Waals surface area contributed by atoms with Crippen LogP contribution in [0.5, 0.6) is 0 Å². The van der Waals surface area contributed by atoms with Gasteiger partial charge in [0.1, 0.15) is 0 Å². The molecule has 0 amide bonds. The maximum atomic E-state index is 12.4. The number of hydrogen-bond acceptors (Lipinski definition) is 2. The van der Waals surface area contributed by atoms with Crippen molar-refractivity contribution in [2.45, 2.75) is 48.8 Å². The van der Waals surface area contributed by atoms with Crippen LogP contribution in [0.15, 0.2) is 29.2 Å². The molecule has 21 heavy (non-hydrogen) atoms. The van der Waals surface area contributed by atoms with Crippen LogP contribution in [0.2, 0.25) is 0 Å². The van der Waals surface area contributed by atoms with E-state index in [0.717, 1.165) is 0 Å². The van der Waals surface area contributed by atoms with Gasteiger partial charge in [-0.1, -0.05) is 12.1 Å². The number of anilines is 1. The highest BCUT2D eigenvalue weighted by molar-refractivity contribution is 8.00. The van der Waals surface area contributed by atoms with Gasteiger partial charge in [0.2, 0.25) is 0 Å². The molecule has 0 fully saturated rings. The lowest BCUT2D eigenvalue weighted by Gasteiger charge is -2.18. The Labute approximate surface area is 123 Å². The molecule has 0 saturated heterocycles. The standard InChI is InChI=1S/C13H15F6NS/c1-9(5-4-8-12(14,15)16)20-10-6-2-3-7-11(10)21-13(17,18)19/h2-3,6-7,9,20H,4-5,8H2,1H3. The first kappa shape index (κ1) is 18.0. The molecule has 1 atom stereocenters. The minimum atomic E-state index is -4.41. The van der Waals surface area contributed by atoms with E-state index in [1.54, 1.807) is 13.0 Å². The van der Waals surface area contributed by atoms with Crippen LogP contribution in [0.25, 0.3) is 0 Å². The van der Waals surface area contributed by atoms with Gasteiger partial charge in [0, 0.05) is 23.0 Å². The lowest BCUT2D eigenvalue weighted by Crippen LogP contribution is -2.17. The van der Waals surface area contributed by atoms with E-state index in [2.05, 4.69) is 5.32 Å². The first-order valence-corrected chi connectivity index (χ1v) is 7.06. The second-order valence-electron chi connectivity index (χ2n) is 4.60. The maximum absolute atomic E-state index is 12.4. The van der Waals surface area contributed by atoms with Gasteiger partial charge in [0.05, 0.1) is 0 Å². The molecule has 0 heterocycles. The van der Waals surface area contributed by atoms with Gasteiger partial charge >= 0.3 is 11.7 Å². The molecule has 1 unspecified atom stereocenters. The fourth-order valence-electron chi connectivity index (χ4n) is 1.75. The van der Waals surface area contributed by atoms with Crippen molar-refractivity contribution in [1.29, 1.82) is 0 Å². The van der Waals surface area contributed by atoms with Crippen LogP contribution in [0.1, 0.15) is 26.2 Å². The summed E-state index contributed by atoms with van der Waals surface area (Å²) < 4.78 is 73.3. The normalized spacial score (nSPS) is 14.0. The number of halogens is 6. The number of hydrogen-bond donors (Lipinski definition) is 1. The van der Waals surface area contributed by atoms with Gasteiger partial charge in [0.25, 0.3) is 0 Å². The number of alkyl halides is 6. The zero-order chi connectivity index (χ0) is 16.1. The van der Waals surface area contributed by atoms with Gasteiger partial charge in [-0.25, -0.2) is 0 Å². The zero-order valence-electron chi connectivity index (χ0n) is 11.2. The molecule has 0 radical (unpaired) electrons. The molecule has 1 N–H and O–H groups in total. The third-order valence-corrected chi connectivity index (χ3v) is 3.42. The first-order valence-electron chi connectivity index (χ1n) is 6.25. The summed E-state index contributed by atoms with van der Waals surface area (Å²) in [6.45, 7) is 1.64. The van der Waals surface area contributed by atoms with E-state index in [-0.39, 0.29) is 41.2 Å². The average Bonchev–Trinajstić information content (AvgIpc) is 2.28. The molecule has 0 bridgehead atoms. The van der Waals surface area contributed by atoms with E-state index in [4.69, 9.17) is 0 Å². The summed E-state index contributed by atoms with van der Waals surface area (Å²) >= 11 is -0.245. The average molecular weight is 331 g/mol. The third kappa shape index (κ3) is 8.08. The molecule has 8 heteroatoms. The Balaban J connectivity index is 2.58. The Morgan fingerprint density at radius 1 is 1.10 bits per heavy atom. The minimum absolute atomic E-state index is 0.00710. The molecule has 0 aliphatic rings. The Morgan fingerprint density at radius 2 is 1.71 bits per heavy atom. The molecule has 0 spiro atoms. The van der Waals surface area contributed by atoms with Crippen molar-refractivity contribution in [3.05, 3.63) is 24.3 Å². The van der Waals surface area contributed by atoms with Crippen LogP contribution in [0.3, 0.4) is 0 Å². The monoisotopic (exact) mass is 331 g/mol. The van der Waals surface area contributed by atoms with E-state index >= 15 is 0 Å². The van der Waals surface area contributed by atoms with Gasteiger partial charge < -0.3 is 5.32 Å². The van der Waals surface area contributed by atoms with Gasteiger partial charge in [-0.15, -0.1) is 0 Å². The van der Waals surface area contributed by atoms with Crippen molar-refractivity contribution in [1.82, 2.24) is 0 Å². The number of rotatable bonds is 6. The predicted octanol–water partition coefficient (Wildman–Crippen LogP) is 5.83. The lowest BCUT2D eigenvalue weighted by atomic mass is 10.1. The smallest absolute Gasteiger partial charge is 0.382 e. The zero-order valence-corrected chi connectivity index (χ0v) is 12.0. The number of thioether (sulfide) groups is 1. The SMILES string of the molecule is CC(CCCC(F)(F)F)Nc1ccccc1SC(F)(F)F. The summed E-state index contributed by atoms with van der Waals surface area (Å²) in [5, 5.41) is 2.83. The molecular weight excluding hydrogens is 316 g/mol. The summed E-state index contributed by atoms with van der Waals surface area (Å²) in [6.07, 6.45) is -4.93.